The molecule has 0 fully saturated rings. The van der Waals surface area contributed by atoms with E-state index in [1.165, 1.54) is 10.7 Å². The summed E-state index contributed by atoms with van der Waals surface area (Å²) in [5.74, 6) is -0.324. The van der Waals surface area contributed by atoms with Gasteiger partial charge in [-0.1, -0.05) is 42.5 Å². The average molecular weight is 689 g/mol. The normalized spacial score (nSPS) is 16.6. The third-order valence-electron chi connectivity index (χ3n) is 6.25. The number of carbonyl (C=O) groups is 2. The van der Waals surface area contributed by atoms with E-state index >= 15 is 0 Å². The first-order valence-electron chi connectivity index (χ1n) is 11.0. The number of Topliss-reactive ketones (excluding diaryl/α,β-unsaturated/α-hetero) is 1. The van der Waals surface area contributed by atoms with Crippen molar-refractivity contribution in [2.45, 2.75) is 19.4 Å². The van der Waals surface area contributed by atoms with E-state index in [1.54, 1.807) is 0 Å². The molecule has 3 aromatic carbocycles. The first-order valence-corrected chi connectivity index (χ1v) is 13.2. The quantitative estimate of drug-likeness (QED) is 0.255. The monoisotopic (exact) mass is 689 g/mol. The second-order valence-electron chi connectivity index (χ2n) is 8.36. The van der Waals surface area contributed by atoms with Crippen LogP contribution < -0.4 is 10.1 Å². The van der Waals surface area contributed by atoms with Gasteiger partial charge in [0.25, 0.3) is 0 Å². The van der Waals surface area contributed by atoms with Gasteiger partial charge in [0, 0.05) is 31.9 Å². The molecule has 2 aliphatic rings. The van der Waals surface area contributed by atoms with Crippen LogP contribution in [0.15, 0.2) is 83.6 Å². The Kier molecular flexibility index (Phi) is 6.71. The summed E-state index contributed by atoms with van der Waals surface area (Å²) in [6, 6.07) is 21.5. The fraction of sp³-hybridized carbons (Fsp3) is 0.143. The zero-order valence-corrected chi connectivity index (χ0v) is 23.3. The van der Waals surface area contributed by atoms with Crippen molar-refractivity contribution in [1.82, 2.24) is 5.32 Å². The number of esters is 1. The van der Waals surface area contributed by atoms with Gasteiger partial charge < -0.3 is 14.8 Å². The molecular weight excluding hydrogens is 668 g/mol. The van der Waals surface area contributed by atoms with E-state index in [0.717, 1.165) is 31.7 Å². The topological polar surface area (TPSA) is 64.6 Å². The maximum Gasteiger partial charge on any atom is 0.336 e. The van der Waals surface area contributed by atoms with Gasteiger partial charge in [-0.2, -0.15) is 0 Å². The van der Waals surface area contributed by atoms with Crippen molar-refractivity contribution in [2.24, 2.45) is 0 Å². The number of benzene rings is 3. The number of hydrogen-bond acceptors (Lipinski definition) is 5. The van der Waals surface area contributed by atoms with E-state index in [2.05, 4.69) is 62.6 Å². The predicted molar refractivity (Wildman–Crippen MR) is 151 cm³/mol. The number of carbonyl (C=O) groups excluding carboxylic acids is 2. The summed E-state index contributed by atoms with van der Waals surface area (Å²) >= 11 is 4.52. The minimum Gasteiger partial charge on any atom is -0.488 e. The van der Waals surface area contributed by atoms with Crippen LogP contribution in [-0.4, -0.2) is 18.9 Å². The molecule has 35 heavy (non-hydrogen) atoms. The molecule has 0 bridgehead atoms. The van der Waals surface area contributed by atoms with Crippen LogP contribution in [0.2, 0.25) is 0 Å². The van der Waals surface area contributed by atoms with Gasteiger partial charge in [0.05, 0.1) is 22.0 Å². The Balaban J connectivity index is 1.53. The Labute approximate surface area is 230 Å². The van der Waals surface area contributed by atoms with Gasteiger partial charge in [0.2, 0.25) is 0 Å². The molecular formula is C28H21I2NO4. The molecule has 0 spiro atoms. The zero-order valence-electron chi connectivity index (χ0n) is 19.0. The van der Waals surface area contributed by atoms with Gasteiger partial charge in [-0.05, 0) is 87.5 Å². The number of rotatable bonds is 5. The van der Waals surface area contributed by atoms with Crippen LogP contribution in [0.5, 0.6) is 5.75 Å². The fourth-order valence-corrected chi connectivity index (χ4v) is 5.65. The summed E-state index contributed by atoms with van der Waals surface area (Å²) in [4.78, 5) is 26.4. The highest BCUT2D eigenvalue weighted by Crippen LogP contribution is 2.47. The molecule has 5 rings (SSSR count). The molecule has 176 valence electrons. The molecule has 0 saturated carbocycles. The third kappa shape index (κ3) is 4.40. The minimum atomic E-state index is -0.544. The average Bonchev–Trinajstić information content (AvgIpc) is 3.14. The minimum absolute atomic E-state index is 0.0731. The van der Waals surface area contributed by atoms with Gasteiger partial charge >= 0.3 is 5.97 Å². The number of fused-ring (bicyclic) bond motifs is 2. The Bertz CT molecular complexity index is 1420. The Hall–Kier alpha value is -2.66. The molecule has 0 aromatic heterocycles. The molecule has 7 heteroatoms. The lowest BCUT2D eigenvalue weighted by Crippen LogP contribution is -2.29. The van der Waals surface area contributed by atoms with E-state index in [0.29, 0.717) is 29.0 Å². The number of dihydropyridines is 1. The maximum atomic E-state index is 13.5. The van der Waals surface area contributed by atoms with Crippen LogP contribution in [0.1, 0.15) is 39.9 Å². The Morgan fingerprint density at radius 1 is 1.00 bits per heavy atom. The summed E-state index contributed by atoms with van der Waals surface area (Å²) in [6.45, 7) is 2.30. The van der Waals surface area contributed by atoms with Crippen LogP contribution in [0, 0.1) is 7.14 Å². The van der Waals surface area contributed by atoms with E-state index in [4.69, 9.17) is 9.47 Å². The Morgan fingerprint density at radius 2 is 1.71 bits per heavy atom. The standard InChI is InChI=1S/C28H21I2NO4/c1-15-23(28(33)34-2)24(25-26(31-15)19-5-3-4-6-20(19)27(25)32)17-9-12-22(21(30)13-17)35-14-16-7-10-18(29)11-8-16/h3-13,24,31H,14H2,1-2H3/t24-/m0/s1. The number of ketones is 1. The molecule has 0 unspecified atom stereocenters. The highest BCUT2D eigenvalue weighted by Gasteiger charge is 2.42. The van der Waals surface area contributed by atoms with Crippen LogP contribution in [-0.2, 0) is 16.1 Å². The lowest BCUT2D eigenvalue weighted by atomic mass is 9.80. The van der Waals surface area contributed by atoms with Crippen molar-refractivity contribution in [1.29, 1.82) is 0 Å². The van der Waals surface area contributed by atoms with Crippen LogP contribution in [0.4, 0.5) is 0 Å². The number of halogens is 2. The van der Waals surface area contributed by atoms with Crippen molar-refractivity contribution in [3.05, 3.63) is 113 Å². The second kappa shape index (κ2) is 9.77. The number of ether oxygens (including phenoxy) is 2. The molecule has 0 saturated heterocycles. The highest BCUT2D eigenvalue weighted by atomic mass is 127. The third-order valence-corrected chi connectivity index (χ3v) is 7.81. The molecule has 1 aliphatic carbocycles. The summed E-state index contributed by atoms with van der Waals surface area (Å²) in [5, 5.41) is 3.31. The fourth-order valence-electron chi connectivity index (χ4n) is 4.60. The molecule has 1 heterocycles. The lowest BCUT2D eigenvalue weighted by Gasteiger charge is -2.29. The highest BCUT2D eigenvalue weighted by molar-refractivity contribution is 14.1. The maximum absolute atomic E-state index is 13.5. The summed E-state index contributed by atoms with van der Waals surface area (Å²) in [6.07, 6.45) is 0. The summed E-state index contributed by atoms with van der Waals surface area (Å²) in [5.41, 5.74) is 5.87. The number of allylic oxidation sites excluding steroid dienone is 2. The van der Waals surface area contributed by atoms with Crippen molar-refractivity contribution in [3.63, 3.8) is 0 Å². The van der Waals surface area contributed by atoms with Crippen LogP contribution in [0.25, 0.3) is 5.70 Å². The lowest BCUT2D eigenvalue weighted by molar-refractivity contribution is -0.136. The van der Waals surface area contributed by atoms with Gasteiger partial charge in [-0.15, -0.1) is 0 Å². The van der Waals surface area contributed by atoms with Crippen molar-refractivity contribution in [3.8, 4) is 5.75 Å². The predicted octanol–water partition coefficient (Wildman–Crippen LogP) is 6.22. The van der Waals surface area contributed by atoms with Crippen LogP contribution >= 0.6 is 45.2 Å². The molecule has 3 aromatic rings. The van der Waals surface area contributed by atoms with Crippen molar-refractivity contribution in [2.75, 3.05) is 7.11 Å². The van der Waals surface area contributed by atoms with Crippen molar-refractivity contribution < 1.29 is 19.1 Å². The molecule has 1 aliphatic heterocycles. The van der Waals surface area contributed by atoms with Gasteiger partial charge in [0.1, 0.15) is 12.4 Å². The molecule has 1 atom stereocenters. The largest absolute Gasteiger partial charge is 0.488 e. The Morgan fingerprint density at radius 3 is 2.40 bits per heavy atom. The SMILES string of the molecule is COC(=O)C1=C(C)NC2=C(C(=O)c3ccccc32)[C@H]1c1ccc(OCc2ccc(I)cc2)c(I)c1. The zero-order chi connectivity index (χ0) is 24.7. The molecule has 0 radical (unpaired) electrons. The summed E-state index contributed by atoms with van der Waals surface area (Å²) in [7, 11) is 1.36. The number of nitrogens with one attached hydrogen (secondary N) is 1. The van der Waals surface area contributed by atoms with Gasteiger partial charge in [0.15, 0.2) is 5.78 Å². The smallest absolute Gasteiger partial charge is 0.336 e. The second-order valence-corrected chi connectivity index (χ2v) is 10.8. The van der Waals surface area contributed by atoms with E-state index < -0.39 is 11.9 Å². The molecule has 5 nitrogen and oxygen atoms in total. The first-order chi connectivity index (χ1) is 16.9. The number of methoxy groups -OCH3 is 1. The van der Waals surface area contributed by atoms with Gasteiger partial charge in [-0.25, -0.2) is 4.79 Å². The molecule has 0 amide bonds. The van der Waals surface area contributed by atoms with Crippen molar-refractivity contribution >= 4 is 62.6 Å². The van der Waals surface area contributed by atoms with E-state index in [1.807, 2.05) is 61.5 Å². The molecule has 1 N–H and O–H groups in total. The van der Waals surface area contributed by atoms with E-state index in [9.17, 15) is 9.59 Å². The van der Waals surface area contributed by atoms with Gasteiger partial charge in [-0.3, -0.25) is 4.79 Å². The first kappa shape index (κ1) is 24.1. The summed E-state index contributed by atoms with van der Waals surface area (Å²) < 4.78 is 13.3. The number of hydrogen-bond donors (Lipinski definition) is 1. The van der Waals surface area contributed by atoms with E-state index in [-0.39, 0.29) is 5.78 Å². The van der Waals surface area contributed by atoms with Crippen LogP contribution in [0.3, 0.4) is 0 Å².